The summed E-state index contributed by atoms with van der Waals surface area (Å²) in [7, 11) is 1.69. The van der Waals surface area contributed by atoms with E-state index in [9.17, 15) is 5.11 Å². The molecule has 1 aliphatic rings. The molecule has 5 heteroatoms. The van der Waals surface area contributed by atoms with Crippen LogP contribution in [-0.4, -0.2) is 56.6 Å². The van der Waals surface area contributed by atoms with Gasteiger partial charge in [0.2, 0.25) is 0 Å². The Balaban J connectivity index is 1.99. The van der Waals surface area contributed by atoms with Gasteiger partial charge in [-0.25, -0.2) is 0 Å². The zero-order valence-corrected chi connectivity index (χ0v) is 12.2. The fraction of sp³-hybridized carbons (Fsp3) is 0.600. The third-order valence-electron chi connectivity index (χ3n) is 3.44. The normalized spacial score (nSPS) is 15.4. The molecule has 0 amide bonds. The van der Waals surface area contributed by atoms with Crippen LogP contribution >= 0.6 is 0 Å². The molecule has 112 valence electrons. The Morgan fingerprint density at radius 2 is 2.05 bits per heavy atom. The van der Waals surface area contributed by atoms with Crippen LogP contribution in [0, 0.1) is 0 Å². The third-order valence-corrected chi connectivity index (χ3v) is 3.44. The highest BCUT2D eigenvalue weighted by Gasteiger charge is 2.17. The van der Waals surface area contributed by atoms with Gasteiger partial charge < -0.3 is 19.3 Å². The molecule has 2 rings (SSSR count). The highest BCUT2D eigenvalue weighted by Crippen LogP contribution is 2.32. The molecule has 5 nitrogen and oxygen atoms in total. The molecule has 1 unspecified atom stereocenters. The Bertz CT molecular complexity index is 424. The standard InChI is InChI=1S/C15H23NO4/c1-3-16(6-7-18-2)11-13(17)12-4-5-14-15(10-12)20-9-8-19-14/h4-5,10,13,17H,3,6-9,11H2,1-2H3. The van der Waals surface area contributed by atoms with Crippen LogP contribution in [0.4, 0.5) is 0 Å². The zero-order valence-electron chi connectivity index (χ0n) is 12.2. The van der Waals surface area contributed by atoms with E-state index in [1.807, 2.05) is 18.2 Å². The van der Waals surface area contributed by atoms with Crippen molar-refractivity contribution in [2.45, 2.75) is 13.0 Å². The lowest BCUT2D eigenvalue weighted by Gasteiger charge is -2.24. The smallest absolute Gasteiger partial charge is 0.161 e. The van der Waals surface area contributed by atoms with Crippen molar-refractivity contribution in [3.63, 3.8) is 0 Å². The molecule has 1 aliphatic heterocycles. The first-order valence-electron chi connectivity index (χ1n) is 7.03. The van der Waals surface area contributed by atoms with Crippen LogP contribution in [0.5, 0.6) is 11.5 Å². The van der Waals surface area contributed by atoms with Crippen LogP contribution in [0.3, 0.4) is 0 Å². The predicted octanol–water partition coefficient (Wildman–Crippen LogP) is 1.46. The van der Waals surface area contributed by atoms with Crippen molar-refractivity contribution in [3.8, 4) is 11.5 Å². The number of fused-ring (bicyclic) bond motifs is 1. The third kappa shape index (κ3) is 3.85. The van der Waals surface area contributed by atoms with Gasteiger partial charge in [-0.15, -0.1) is 0 Å². The molecular weight excluding hydrogens is 258 g/mol. The molecule has 1 aromatic rings. The lowest BCUT2D eigenvalue weighted by molar-refractivity contribution is 0.0915. The number of likely N-dealkylation sites (N-methyl/N-ethyl adjacent to an activating group) is 1. The van der Waals surface area contributed by atoms with Gasteiger partial charge in [-0.1, -0.05) is 13.0 Å². The van der Waals surface area contributed by atoms with E-state index in [0.717, 1.165) is 24.4 Å². The van der Waals surface area contributed by atoms with E-state index in [-0.39, 0.29) is 0 Å². The van der Waals surface area contributed by atoms with Crippen LogP contribution in [0.15, 0.2) is 18.2 Å². The summed E-state index contributed by atoms with van der Waals surface area (Å²) in [6.45, 7) is 6.16. The number of rotatable bonds is 7. The maximum Gasteiger partial charge on any atom is 0.161 e. The molecule has 0 aromatic heterocycles. The average molecular weight is 281 g/mol. The molecule has 0 bridgehead atoms. The van der Waals surface area contributed by atoms with E-state index < -0.39 is 6.10 Å². The van der Waals surface area contributed by atoms with E-state index in [1.165, 1.54) is 0 Å². The summed E-state index contributed by atoms with van der Waals surface area (Å²) in [6, 6.07) is 5.62. The molecule has 0 fully saturated rings. The van der Waals surface area contributed by atoms with E-state index in [4.69, 9.17) is 14.2 Å². The molecule has 0 saturated carbocycles. The summed E-state index contributed by atoms with van der Waals surface area (Å²) < 4.78 is 16.1. The Morgan fingerprint density at radius 1 is 1.30 bits per heavy atom. The second-order valence-electron chi connectivity index (χ2n) is 4.80. The average Bonchev–Trinajstić information content (AvgIpc) is 2.50. The summed E-state index contributed by atoms with van der Waals surface area (Å²) in [4.78, 5) is 2.16. The van der Waals surface area contributed by atoms with Gasteiger partial charge in [0, 0.05) is 20.2 Å². The van der Waals surface area contributed by atoms with Gasteiger partial charge in [0.05, 0.1) is 12.7 Å². The minimum absolute atomic E-state index is 0.539. The van der Waals surface area contributed by atoms with Gasteiger partial charge >= 0.3 is 0 Å². The molecule has 1 heterocycles. The van der Waals surface area contributed by atoms with Gasteiger partial charge in [0.15, 0.2) is 11.5 Å². The summed E-state index contributed by atoms with van der Waals surface area (Å²) >= 11 is 0. The first kappa shape index (κ1) is 15.1. The van der Waals surface area contributed by atoms with Crippen molar-refractivity contribution in [2.75, 3.05) is 46.6 Å². The van der Waals surface area contributed by atoms with Gasteiger partial charge in [-0.2, -0.15) is 0 Å². The number of methoxy groups -OCH3 is 1. The topological polar surface area (TPSA) is 51.2 Å². The van der Waals surface area contributed by atoms with E-state index in [2.05, 4.69) is 11.8 Å². The van der Waals surface area contributed by atoms with Gasteiger partial charge in [-0.05, 0) is 24.2 Å². The highest BCUT2D eigenvalue weighted by atomic mass is 16.6. The lowest BCUT2D eigenvalue weighted by atomic mass is 10.1. The predicted molar refractivity (Wildman–Crippen MR) is 76.4 cm³/mol. The fourth-order valence-corrected chi connectivity index (χ4v) is 2.22. The van der Waals surface area contributed by atoms with Crippen LogP contribution in [-0.2, 0) is 4.74 Å². The van der Waals surface area contributed by atoms with Crippen molar-refractivity contribution in [1.82, 2.24) is 4.90 Å². The van der Waals surface area contributed by atoms with Gasteiger partial charge in [0.1, 0.15) is 13.2 Å². The Morgan fingerprint density at radius 3 is 2.75 bits per heavy atom. The van der Waals surface area contributed by atoms with Crippen LogP contribution < -0.4 is 9.47 Å². The van der Waals surface area contributed by atoms with Crippen molar-refractivity contribution in [2.24, 2.45) is 0 Å². The number of aliphatic hydroxyl groups excluding tert-OH is 1. The van der Waals surface area contributed by atoms with Crippen molar-refractivity contribution in [3.05, 3.63) is 23.8 Å². The van der Waals surface area contributed by atoms with Crippen molar-refractivity contribution >= 4 is 0 Å². The highest BCUT2D eigenvalue weighted by molar-refractivity contribution is 5.44. The van der Waals surface area contributed by atoms with Crippen molar-refractivity contribution < 1.29 is 19.3 Å². The molecule has 0 spiro atoms. The quantitative estimate of drug-likeness (QED) is 0.820. The molecule has 0 aliphatic carbocycles. The summed E-state index contributed by atoms with van der Waals surface area (Å²) in [6.07, 6.45) is -0.539. The van der Waals surface area contributed by atoms with E-state index in [0.29, 0.717) is 32.1 Å². The summed E-state index contributed by atoms with van der Waals surface area (Å²) in [5.41, 5.74) is 0.852. The Labute approximate surface area is 120 Å². The first-order chi connectivity index (χ1) is 9.74. The van der Waals surface area contributed by atoms with Gasteiger partial charge in [0.25, 0.3) is 0 Å². The maximum atomic E-state index is 10.3. The Kier molecular flexibility index (Phi) is 5.64. The molecule has 0 saturated heterocycles. The van der Waals surface area contributed by atoms with Crippen LogP contribution in [0.1, 0.15) is 18.6 Å². The molecule has 0 radical (unpaired) electrons. The zero-order chi connectivity index (χ0) is 14.4. The molecule has 1 atom stereocenters. The molecule has 20 heavy (non-hydrogen) atoms. The van der Waals surface area contributed by atoms with E-state index in [1.54, 1.807) is 7.11 Å². The SMILES string of the molecule is CCN(CCOC)CC(O)c1ccc2c(c1)OCCO2. The minimum atomic E-state index is -0.539. The lowest BCUT2D eigenvalue weighted by Crippen LogP contribution is -2.31. The van der Waals surface area contributed by atoms with Gasteiger partial charge in [-0.3, -0.25) is 4.90 Å². The number of benzene rings is 1. The summed E-state index contributed by atoms with van der Waals surface area (Å²) in [5, 5.41) is 10.3. The monoisotopic (exact) mass is 281 g/mol. The number of ether oxygens (including phenoxy) is 3. The number of hydrogen-bond donors (Lipinski definition) is 1. The first-order valence-corrected chi connectivity index (χ1v) is 7.03. The molecule has 1 aromatic carbocycles. The Hall–Kier alpha value is -1.30. The van der Waals surface area contributed by atoms with Crippen molar-refractivity contribution in [1.29, 1.82) is 0 Å². The fourth-order valence-electron chi connectivity index (χ4n) is 2.22. The van der Waals surface area contributed by atoms with E-state index >= 15 is 0 Å². The number of hydrogen-bond acceptors (Lipinski definition) is 5. The maximum absolute atomic E-state index is 10.3. The second kappa shape index (κ2) is 7.47. The number of aliphatic hydroxyl groups is 1. The molecular formula is C15H23NO4. The van der Waals surface area contributed by atoms with Crippen LogP contribution in [0.25, 0.3) is 0 Å². The minimum Gasteiger partial charge on any atom is -0.486 e. The molecule has 1 N–H and O–H groups in total. The number of nitrogens with zero attached hydrogens (tertiary/aromatic N) is 1. The summed E-state index contributed by atoms with van der Waals surface area (Å²) in [5.74, 6) is 1.46. The van der Waals surface area contributed by atoms with Crippen LogP contribution in [0.2, 0.25) is 0 Å². The largest absolute Gasteiger partial charge is 0.486 e. The second-order valence-corrected chi connectivity index (χ2v) is 4.80.